The number of aromatic nitrogens is 2. The molecule has 1 unspecified atom stereocenters. The van der Waals surface area contributed by atoms with Crippen LogP contribution in [0.1, 0.15) is 76.3 Å². The number of nitrogens with one attached hydrogen (secondary N) is 1. The topological polar surface area (TPSA) is 84.9 Å². The molecule has 1 aromatic carbocycles. The van der Waals surface area contributed by atoms with Crippen LogP contribution in [0.4, 0.5) is 0 Å². The normalized spacial score (nSPS) is 40.3. The molecule has 43 heavy (non-hydrogen) atoms. The van der Waals surface area contributed by atoms with Crippen molar-refractivity contribution >= 4 is 27.4 Å². The molecule has 2 aromatic heterocycles. The van der Waals surface area contributed by atoms with Gasteiger partial charge in [0, 0.05) is 41.0 Å². The van der Waals surface area contributed by atoms with Crippen molar-refractivity contribution in [2.45, 2.75) is 94.1 Å². The molecule has 7 heterocycles. The maximum Gasteiger partial charge on any atom is 0.123 e. The molecule has 7 heteroatoms. The standard InChI is InChI=1S/C36H44N4O3/c41-24-9-10-30-27(20-24)26-12-16-37-31(32(26)38-30)28-21-35(42)14-5-3-1-2-4-6-17-39-19-13-29(28)34(23-39)22-36-15-11-25(43-36)8-7-18-40(36)33(34)35/h1,3,9-10,12,16,20-21,25,29,33,38,41-42H,2,4-8,11,13-15,17-19,22-23H2/b3-1-/t25-,29+,33-,34+,35+,36+/m1/s1. The summed E-state index contributed by atoms with van der Waals surface area (Å²) in [7, 11) is 0. The van der Waals surface area contributed by atoms with Crippen molar-refractivity contribution in [2.24, 2.45) is 11.3 Å². The van der Waals surface area contributed by atoms with E-state index in [1.54, 1.807) is 6.07 Å². The SMILES string of the molecule is Oc1ccc2[nH]c3c(C4=C[C@@]5(O)CC/C=C\CCCCN6CC[C@@H]4[C@@]4(C6)C[C@@]67CC[C@@H](CCCN6[C@H]45)O7)nccc3c2c1. The molecule has 0 radical (unpaired) electrons. The molecule has 0 amide bonds. The number of H-pyrrole nitrogens is 1. The van der Waals surface area contributed by atoms with Gasteiger partial charge in [-0.2, -0.15) is 0 Å². The highest BCUT2D eigenvalue weighted by Gasteiger charge is 2.71. The zero-order valence-electron chi connectivity index (χ0n) is 25.1. The van der Waals surface area contributed by atoms with Crippen molar-refractivity contribution in [2.75, 3.05) is 26.2 Å². The molecule has 4 fully saturated rings. The molecule has 7 nitrogen and oxygen atoms in total. The number of rotatable bonds is 1. The third-order valence-electron chi connectivity index (χ3n) is 12.1. The van der Waals surface area contributed by atoms with E-state index in [1.807, 2.05) is 18.3 Å². The second-order valence-corrected chi connectivity index (χ2v) is 14.5. The van der Waals surface area contributed by atoms with Crippen LogP contribution in [0, 0.1) is 11.3 Å². The highest BCUT2D eigenvalue weighted by Crippen LogP contribution is 2.66. The van der Waals surface area contributed by atoms with Crippen LogP contribution in [0.25, 0.3) is 27.4 Å². The molecule has 0 saturated carbocycles. The Balaban J connectivity index is 1.27. The predicted octanol–water partition coefficient (Wildman–Crippen LogP) is 6.12. The summed E-state index contributed by atoms with van der Waals surface area (Å²) < 4.78 is 7.07. The van der Waals surface area contributed by atoms with Gasteiger partial charge < -0.3 is 24.8 Å². The molecule has 5 bridgehead atoms. The lowest BCUT2D eigenvalue weighted by molar-refractivity contribution is -0.145. The fraction of sp³-hybridized carbons (Fsp3) is 0.583. The summed E-state index contributed by atoms with van der Waals surface area (Å²) in [5.41, 5.74) is 2.81. The van der Waals surface area contributed by atoms with Crippen molar-refractivity contribution in [3.05, 3.63) is 54.4 Å². The summed E-state index contributed by atoms with van der Waals surface area (Å²) in [4.78, 5) is 14.2. The Hall–Kier alpha value is -2.71. The van der Waals surface area contributed by atoms with Crippen molar-refractivity contribution in [1.29, 1.82) is 0 Å². The first-order valence-corrected chi connectivity index (χ1v) is 16.8. The number of allylic oxidation sites excluding steroid dienone is 3. The van der Waals surface area contributed by atoms with Gasteiger partial charge in [-0.05, 0) is 126 Å². The number of piperidine rings is 1. The lowest BCUT2D eigenvalue weighted by Gasteiger charge is -2.58. The van der Waals surface area contributed by atoms with Crippen molar-refractivity contribution < 1.29 is 14.9 Å². The largest absolute Gasteiger partial charge is 0.508 e. The fourth-order valence-corrected chi connectivity index (χ4v) is 10.6. The maximum absolute atomic E-state index is 13.2. The number of fused-ring (bicyclic) bond motifs is 5. The fourth-order valence-electron chi connectivity index (χ4n) is 10.6. The van der Waals surface area contributed by atoms with Gasteiger partial charge in [0.05, 0.1) is 29.0 Å². The summed E-state index contributed by atoms with van der Waals surface area (Å²) in [5.74, 6) is 0.557. The van der Waals surface area contributed by atoms with E-state index in [1.165, 1.54) is 18.4 Å². The number of ether oxygens (including phenoxy) is 1. The molecule has 7 atom stereocenters. The van der Waals surface area contributed by atoms with Gasteiger partial charge in [0.2, 0.25) is 0 Å². The van der Waals surface area contributed by atoms with Gasteiger partial charge in [0.15, 0.2) is 0 Å². The average molecular weight is 581 g/mol. The molecule has 6 aliphatic rings. The first kappa shape index (κ1) is 26.7. The van der Waals surface area contributed by atoms with Crippen molar-refractivity contribution in [3.8, 4) is 5.75 Å². The van der Waals surface area contributed by atoms with Gasteiger partial charge >= 0.3 is 0 Å². The first-order valence-electron chi connectivity index (χ1n) is 16.8. The Labute approximate surface area is 253 Å². The van der Waals surface area contributed by atoms with Gasteiger partial charge in [-0.25, -0.2) is 0 Å². The minimum atomic E-state index is -0.989. The van der Waals surface area contributed by atoms with Crippen LogP contribution in [-0.4, -0.2) is 79.6 Å². The van der Waals surface area contributed by atoms with Gasteiger partial charge in [0.1, 0.15) is 11.5 Å². The highest BCUT2D eigenvalue weighted by atomic mass is 16.5. The molecule has 3 aromatic rings. The van der Waals surface area contributed by atoms with Crippen LogP contribution in [0.5, 0.6) is 5.75 Å². The smallest absolute Gasteiger partial charge is 0.123 e. The summed E-state index contributed by atoms with van der Waals surface area (Å²) in [6, 6.07) is 7.62. The predicted molar refractivity (Wildman–Crippen MR) is 169 cm³/mol. The number of pyridine rings is 1. The number of benzene rings is 1. The van der Waals surface area contributed by atoms with Crippen LogP contribution in [0.15, 0.2) is 48.7 Å². The van der Waals surface area contributed by atoms with Crippen LogP contribution in [-0.2, 0) is 4.74 Å². The summed E-state index contributed by atoms with van der Waals surface area (Å²) >= 11 is 0. The third-order valence-corrected chi connectivity index (χ3v) is 12.1. The molecule has 9 rings (SSSR count). The number of aromatic hydroxyl groups is 1. The molecule has 226 valence electrons. The zero-order valence-corrected chi connectivity index (χ0v) is 25.1. The van der Waals surface area contributed by atoms with E-state index in [-0.39, 0.29) is 28.8 Å². The summed E-state index contributed by atoms with van der Waals surface area (Å²) in [6.07, 6.45) is 20.9. The molecule has 5 aliphatic heterocycles. The minimum Gasteiger partial charge on any atom is -0.508 e. The van der Waals surface area contributed by atoms with E-state index >= 15 is 0 Å². The number of aliphatic hydroxyl groups is 1. The van der Waals surface area contributed by atoms with Crippen LogP contribution in [0.3, 0.4) is 0 Å². The molecule has 2 spiro atoms. The quantitative estimate of drug-likeness (QED) is 0.301. The molecule has 1 aliphatic carbocycles. The number of aromatic amines is 1. The van der Waals surface area contributed by atoms with E-state index in [2.05, 4.69) is 39.1 Å². The summed E-state index contributed by atoms with van der Waals surface area (Å²) in [5, 5.41) is 25.6. The van der Waals surface area contributed by atoms with Gasteiger partial charge in [-0.3, -0.25) is 9.88 Å². The monoisotopic (exact) mass is 580 g/mol. The molecular formula is C36H44N4O3. The molecule has 3 N–H and O–H groups in total. The number of hydrogen-bond donors (Lipinski definition) is 3. The number of nitrogens with zero attached hydrogens (tertiary/aromatic N) is 3. The van der Waals surface area contributed by atoms with Crippen molar-refractivity contribution in [1.82, 2.24) is 19.8 Å². The maximum atomic E-state index is 13.2. The Morgan fingerprint density at radius 1 is 0.953 bits per heavy atom. The second kappa shape index (κ2) is 9.64. The molecular weight excluding hydrogens is 536 g/mol. The highest BCUT2D eigenvalue weighted by molar-refractivity contribution is 6.10. The number of phenolic OH excluding ortho intramolecular Hbond substituents is 1. The van der Waals surface area contributed by atoms with Crippen LogP contribution < -0.4 is 0 Å². The van der Waals surface area contributed by atoms with Crippen LogP contribution in [0.2, 0.25) is 0 Å². The van der Waals surface area contributed by atoms with Gasteiger partial charge in [-0.15, -0.1) is 0 Å². The van der Waals surface area contributed by atoms with Crippen molar-refractivity contribution in [3.63, 3.8) is 0 Å². The Morgan fingerprint density at radius 3 is 2.84 bits per heavy atom. The van der Waals surface area contributed by atoms with E-state index in [4.69, 9.17) is 9.72 Å². The third kappa shape index (κ3) is 3.90. The Bertz CT molecular complexity index is 1650. The van der Waals surface area contributed by atoms with Gasteiger partial charge in [-0.1, -0.05) is 12.2 Å². The average Bonchev–Trinajstić information content (AvgIpc) is 3.61. The minimum absolute atomic E-state index is 0.0291. The van der Waals surface area contributed by atoms with Crippen LogP contribution >= 0.6 is 0 Å². The van der Waals surface area contributed by atoms with E-state index < -0.39 is 5.60 Å². The number of phenols is 1. The van der Waals surface area contributed by atoms with E-state index in [0.717, 1.165) is 105 Å². The Kier molecular flexibility index (Phi) is 5.98. The zero-order chi connectivity index (χ0) is 28.8. The second-order valence-electron chi connectivity index (χ2n) is 14.5. The lowest BCUT2D eigenvalue weighted by atomic mass is 9.54. The number of hydrogen-bond acceptors (Lipinski definition) is 6. The van der Waals surface area contributed by atoms with Gasteiger partial charge in [0.25, 0.3) is 0 Å². The first-order chi connectivity index (χ1) is 21.0. The molecule has 4 saturated heterocycles. The van der Waals surface area contributed by atoms with E-state index in [0.29, 0.717) is 12.5 Å². The summed E-state index contributed by atoms with van der Waals surface area (Å²) in [6.45, 7) is 4.23. The Morgan fingerprint density at radius 2 is 1.88 bits per heavy atom. The lowest BCUT2D eigenvalue weighted by Crippen LogP contribution is -2.66. The van der Waals surface area contributed by atoms with E-state index in [9.17, 15) is 10.2 Å².